The fourth-order valence-electron chi connectivity index (χ4n) is 2.04. The van der Waals surface area contributed by atoms with Crippen molar-refractivity contribution in [3.05, 3.63) is 29.6 Å². The number of benzene rings is 1. The summed E-state index contributed by atoms with van der Waals surface area (Å²) in [6, 6.07) is 4.46. The Bertz CT molecular complexity index is 556. The molecule has 3 amide bonds. The van der Waals surface area contributed by atoms with Gasteiger partial charge in [-0.25, -0.2) is 9.29 Å². The van der Waals surface area contributed by atoms with Gasteiger partial charge in [0, 0.05) is 31.4 Å². The lowest BCUT2D eigenvalue weighted by atomic mass is 10.1. The van der Waals surface area contributed by atoms with Crippen LogP contribution in [0.2, 0.25) is 0 Å². The predicted molar refractivity (Wildman–Crippen MR) is 70.3 cm³/mol. The minimum atomic E-state index is -0.646. The molecular formula is C14H15FN2O3. The van der Waals surface area contributed by atoms with Gasteiger partial charge in [-0.05, 0) is 6.07 Å². The molecule has 1 aliphatic rings. The van der Waals surface area contributed by atoms with Gasteiger partial charge in [0.05, 0.1) is 5.69 Å². The highest BCUT2D eigenvalue weighted by atomic mass is 19.1. The van der Waals surface area contributed by atoms with Crippen LogP contribution in [0.3, 0.4) is 0 Å². The zero-order chi connectivity index (χ0) is 14.7. The first-order chi connectivity index (χ1) is 9.54. The minimum Gasteiger partial charge on any atom is -0.352 e. The number of rotatable bonds is 4. The molecule has 2 rings (SSSR count). The standard InChI is InChI=1S/C14H15FN2O3/c1-2-11(18)16-8-9-4-3-5-10(14(9)15)17-12(19)6-7-13(17)20/h3-5H,2,6-8H2,1H3,(H,16,18). The second-order valence-corrected chi connectivity index (χ2v) is 4.50. The van der Waals surface area contributed by atoms with Crippen molar-refractivity contribution >= 4 is 23.4 Å². The molecule has 1 heterocycles. The van der Waals surface area contributed by atoms with Gasteiger partial charge in [0.2, 0.25) is 17.7 Å². The van der Waals surface area contributed by atoms with E-state index in [9.17, 15) is 18.8 Å². The van der Waals surface area contributed by atoms with Gasteiger partial charge >= 0.3 is 0 Å². The SMILES string of the molecule is CCC(=O)NCc1cccc(N2C(=O)CCC2=O)c1F. The molecule has 1 aromatic rings. The van der Waals surface area contributed by atoms with E-state index in [2.05, 4.69) is 5.32 Å². The molecule has 0 atom stereocenters. The average Bonchev–Trinajstić information content (AvgIpc) is 2.77. The van der Waals surface area contributed by atoms with Crippen molar-refractivity contribution in [3.8, 4) is 0 Å². The summed E-state index contributed by atoms with van der Waals surface area (Å²) in [5.41, 5.74) is 0.206. The number of hydrogen-bond acceptors (Lipinski definition) is 3. The van der Waals surface area contributed by atoms with Crippen molar-refractivity contribution in [2.24, 2.45) is 0 Å². The van der Waals surface area contributed by atoms with Crippen molar-refractivity contribution in [1.82, 2.24) is 5.32 Å². The third-order valence-corrected chi connectivity index (χ3v) is 3.15. The van der Waals surface area contributed by atoms with E-state index in [0.29, 0.717) is 6.42 Å². The number of nitrogens with zero attached hydrogens (tertiary/aromatic N) is 1. The number of nitrogens with one attached hydrogen (secondary N) is 1. The molecular weight excluding hydrogens is 263 g/mol. The maximum atomic E-state index is 14.3. The number of carbonyl (C=O) groups is 3. The zero-order valence-corrected chi connectivity index (χ0v) is 11.1. The normalized spacial score (nSPS) is 14.8. The first-order valence-corrected chi connectivity index (χ1v) is 6.44. The Labute approximate surface area is 115 Å². The van der Waals surface area contributed by atoms with Gasteiger partial charge in [-0.1, -0.05) is 19.1 Å². The molecule has 20 heavy (non-hydrogen) atoms. The molecule has 0 radical (unpaired) electrons. The Balaban J connectivity index is 2.25. The van der Waals surface area contributed by atoms with E-state index >= 15 is 0 Å². The lowest BCUT2D eigenvalue weighted by Gasteiger charge is -2.16. The van der Waals surface area contributed by atoms with Crippen molar-refractivity contribution in [1.29, 1.82) is 0 Å². The van der Waals surface area contributed by atoms with Crippen LogP contribution in [0.5, 0.6) is 0 Å². The Morgan fingerprint density at radius 1 is 1.30 bits per heavy atom. The maximum Gasteiger partial charge on any atom is 0.234 e. The van der Waals surface area contributed by atoms with Gasteiger partial charge in [-0.2, -0.15) is 0 Å². The molecule has 0 aromatic heterocycles. The van der Waals surface area contributed by atoms with Gasteiger partial charge < -0.3 is 5.32 Å². The molecule has 0 aliphatic carbocycles. The molecule has 6 heteroatoms. The summed E-state index contributed by atoms with van der Waals surface area (Å²) in [4.78, 5) is 35.3. The molecule has 1 aliphatic heterocycles. The van der Waals surface area contributed by atoms with Crippen molar-refractivity contribution in [2.45, 2.75) is 32.7 Å². The Kier molecular flexibility index (Phi) is 4.12. The molecule has 106 valence electrons. The van der Waals surface area contributed by atoms with Gasteiger partial charge in [0.25, 0.3) is 0 Å². The molecule has 0 spiro atoms. The second kappa shape index (κ2) is 5.81. The number of carbonyl (C=O) groups excluding carboxylic acids is 3. The third-order valence-electron chi connectivity index (χ3n) is 3.15. The highest BCUT2D eigenvalue weighted by Crippen LogP contribution is 2.27. The van der Waals surface area contributed by atoms with Crippen LogP contribution >= 0.6 is 0 Å². The van der Waals surface area contributed by atoms with E-state index < -0.39 is 17.6 Å². The van der Waals surface area contributed by atoms with Crippen LogP contribution in [0.1, 0.15) is 31.7 Å². The molecule has 0 unspecified atom stereocenters. The summed E-state index contributed by atoms with van der Waals surface area (Å²) < 4.78 is 14.3. The summed E-state index contributed by atoms with van der Waals surface area (Å²) in [6.45, 7) is 1.73. The first kappa shape index (κ1) is 14.2. The van der Waals surface area contributed by atoms with Crippen LogP contribution < -0.4 is 10.2 Å². The predicted octanol–water partition coefficient (Wildman–Crippen LogP) is 1.51. The van der Waals surface area contributed by atoms with Crippen molar-refractivity contribution in [3.63, 3.8) is 0 Å². The number of halogens is 1. The molecule has 1 fully saturated rings. The second-order valence-electron chi connectivity index (χ2n) is 4.50. The van der Waals surface area contributed by atoms with Crippen molar-refractivity contribution < 1.29 is 18.8 Å². The summed E-state index contributed by atoms with van der Waals surface area (Å²) in [5.74, 6) is -1.64. The average molecular weight is 278 g/mol. The van der Waals surface area contributed by atoms with Crippen molar-refractivity contribution in [2.75, 3.05) is 4.90 Å². The van der Waals surface area contributed by atoms with Crippen LogP contribution in [-0.4, -0.2) is 17.7 Å². The van der Waals surface area contributed by atoms with Crippen LogP contribution in [-0.2, 0) is 20.9 Å². The highest BCUT2D eigenvalue weighted by Gasteiger charge is 2.32. The van der Waals surface area contributed by atoms with Gasteiger partial charge in [0.1, 0.15) is 0 Å². The fourth-order valence-corrected chi connectivity index (χ4v) is 2.04. The number of amides is 3. The Morgan fingerprint density at radius 2 is 1.95 bits per heavy atom. The third kappa shape index (κ3) is 2.68. The van der Waals surface area contributed by atoms with Gasteiger partial charge in [0.15, 0.2) is 5.82 Å². The van der Waals surface area contributed by atoms with E-state index in [1.54, 1.807) is 13.0 Å². The minimum absolute atomic E-state index is 0.0303. The Morgan fingerprint density at radius 3 is 2.55 bits per heavy atom. The van der Waals surface area contributed by atoms with Crippen LogP contribution in [0.15, 0.2) is 18.2 Å². The fraction of sp³-hybridized carbons (Fsp3) is 0.357. The van der Waals surface area contributed by atoms with E-state index in [4.69, 9.17) is 0 Å². The summed E-state index contributed by atoms with van der Waals surface area (Å²) >= 11 is 0. The quantitative estimate of drug-likeness (QED) is 0.849. The van der Waals surface area contributed by atoms with E-state index in [1.165, 1.54) is 12.1 Å². The number of hydrogen-bond donors (Lipinski definition) is 1. The van der Waals surface area contributed by atoms with Gasteiger partial charge in [-0.3, -0.25) is 14.4 Å². The number of anilines is 1. The number of imide groups is 1. The summed E-state index contributed by atoms with van der Waals surface area (Å²) in [6.07, 6.45) is 0.522. The lowest BCUT2D eigenvalue weighted by Crippen LogP contribution is -2.30. The highest BCUT2D eigenvalue weighted by molar-refractivity contribution is 6.19. The summed E-state index contributed by atoms with van der Waals surface area (Å²) in [5, 5.41) is 2.56. The smallest absolute Gasteiger partial charge is 0.234 e. The van der Waals surface area contributed by atoms with Crippen LogP contribution in [0.4, 0.5) is 10.1 Å². The first-order valence-electron chi connectivity index (χ1n) is 6.44. The molecule has 0 bridgehead atoms. The van der Waals surface area contributed by atoms with Crippen LogP contribution in [0, 0.1) is 5.82 Å². The summed E-state index contributed by atoms with van der Waals surface area (Å²) in [7, 11) is 0. The zero-order valence-electron chi connectivity index (χ0n) is 11.1. The molecule has 1 N–H and O–H groups in total. The molecule has 0 saturated carbocycles. The molecule has 1 aromatic carbocycles. The maximum absolute atomic E-state index is 14.3. The largest absolute Gasteiger partial charge is 0.352 e. The topological polar surface area (TPSA) is 66.5 Å². The van der Waals surface area contributed by atoms with E-state index in [1.807, 2.05) is 0 Å². The monoisotopic (exact) mass is 278 g/mol. The molecule has 5 nitrogen and oxygen atoms in total. The van der Waals surface area contributed by atoms with Crippen LogP contribution in [0.25, 0.3) is 0 Å². The van der Waals surface area contributed by atoms with E-state index in [-0.39, 0.29) is 36.5 Å². The Hall–Kier alpha value is -2.24. The van der Waals surface area contributed by atoms with E-state index in [0.717, 1.165) is 4.90 Å². The lowest BCUT2D eigenvalue weighted by molar-refractivity contribution is -0.122. The molecule has 1 saturated heterocycles. The van der Waals surface area contributed by atoms with Gasteiger partial charge in [-0.15, -0.1) is 0 Å².